The van der Waals surface area contributed by atoms with Gasteiger partial charge in [0.1, 0.15) is 11.2 Å². The van der Waals surface area contributed by atoms with Crippen LogP contribution in [-0.4, -0.2) is 4.57 Å². The summed E-state index contributed by atoms with van der Waals surface area (Å²) >= 11 is 0. The number of rotatable bonds is 8. The van der Waals surface area contributed by atoms with Gasteiger partial charge in [-0.1, -0.05) is 188 Å². The highest BCUT2D eigenvalue weighted by molar-refractivity contribution is 6.11. The Morgan fingerprint density at radius 3 is 1.61 bits per heavy atom. The van der Waals surface area contributed by atoms with Gasteiger partial charge in [-0.15, -0.1) is 0 Å². The smallest absolute Gasteiger partial charge is 0.143 e. The zero-order valence-electron chi connectivity index (χ0n) is 36.6. The summed E-state index contributed by atoms with van der Waals surface area (Å²) in [7, 11) is 0. The number of hydrogen-bond donors (Lipinski definition) is 0. The van der Waals surface area contributed by atoms with Crippen molar-refractivity contribution in [2.24, 2.45) is 0 Å². The van der Waals surface area contributed by atoms with E-state index in [0.29, 0.717) is 0 Å². The average Bonchev–Trinajstić information content (AvgIpc) is 3.95. The predicted molar refractivity (Wildman–Crippen MR) is 282 cm³/mol. The molecule has 11 aromatic carbocycles. The molecular weight excluding hydrogens is 813 g/mol. The van der Waals surface area contributed by atoms with Crippen molar-refractivity contribution in [1.29, 1.82) is 0 Å². The molecule has 2 heterocycles. The summed E-state index contributed by atoms with van der Waals surface area (Å²) in [5.74, 6) is 0. The number of benzene rings is 11. The van der Waals surface area contributed by atoms with Crippen LogP contribution in [0.4, 0.5) is 17.1 Å². The number of fused-ring (bicyclic) bond motifs is 7. The van der Waals surface area contributed by atoms with Crippen LogP contribution in [0.1, 0.15) is 0 Å². The van der Waals surface area contributed by atoms with E-state index in [1.807, 2.05) is 12.1 Å². The molecule has 0 aliphatic heterocycles. The highest BCUT2D eigenvalue weighted by Crippen LogP contribution is 2.43. The number of hydrogen-bond acceptors (Lipinski definition) is 2. The number of furan rings is 1. The maximum Gasteiger partial charge on any atom is 0.143 e. The van der Waals surface area contributed by atoms with Gasteiger partial charge in [-0.05, 0) is 111 Å². The summed E-state index contributed by atoms with van der Waals surface area (Å²) in [4.78, 5) is 2.38. The van der Waals surface area contributed by atoms with Crippen molar-refractivity contribution in [1.82, 2.24) is 4.57 Å². The molecule has 0 aliphatic rings. The van der Waals surface area contributed by atoms with Crippen LogP contribution in [0, 0.1) is 0 Å². The van der Waals surface area contributed by atoms with Crippen LogP contribution in [0.25, 0.3) is 105 Å². The molecule has 3 nitrogen and oxygen atoms in total. The van der Waals surface area contributed by atoms with Gasteiger partial charge in [-0.25, -0.2) is 0 Å². The lowest BCUT2D eigenvalue weighted by Gasteiger charge is -2.27. The lowest BCUT2D eigenvalue weighted by molar-refractivity contribution is 0.670. The van der Waals surface area contributed by atoms with Crippen molar-refractivity contribution in [3.63, 3.8) is 0 Å². The van der Waals surface area contributed by atoms with Crippen molar-refractivity contribution >= 4 is 71.6 Å². The third-order valence-electron chi connectivity index (χ3n) is 13.4. The van der Waals surface area contributed by atoms with E-state index in [-0.39, 0.29) is 0 Å². The third-order valence-corrected chi connectivity index (χ3v) is 13.4. The second-order valence-corrected chi connectivity index (χ2v) is 17.3. The van der Waals surface area contributed by atoms with Gasteiger partial charge >= 0.3 is 0 Å². The van der Waals surface area contributed by atoms with Gasteiger partial charge in [-0.3, -0.25) is 0 Å². The molecule has 0 atom stereocenters. The van der Waals surface area contributed by atoms with E-state index in [9.17, 15) is 0 Å². The first-order valence-corrected chi connectivity index (χ1v) is 22.9. The molecule has 3 heteroatoms. The van der Waals surface area contributed by atoms with Gasteiger partial charge in [0.2, 0.25) is 0 Å². The van der Waals surface area contributed by atoms with Gasteiger partial charge in [0.25, 0.3) is 0 Å². The van der Waals surface area contributed by atoms with Crippen LogP contribution < -0.4 is 4.90 Å². The highest BCUT2D eigenvalue weighted by Gasteiger charge is 2.20. The van der Waals surface area contributed by atoms with Crippen LogP contribution >= 0.6 is 0 Å². The van der Waals surface area contributed by atoms with E-state index < -0.39 is 0 Å². The summed E-state index contributed by atoms with van der Waals surface area (Å²) in [5, 5.41) is 7.23. The first kappa shape index (κ1) is 38.5. The Balaban J connectivity index is 0.931. The van der Waals surface area contributed by atoms with Crippen LogP contribution in [0.2, 0.25) is 0 Å². The Kier molecular flexibility index (Phi) is 9.17. The van der Waals surface area contributed by atoms with Crippen LogP contribution in [0.3, 0.4) is 0 Å². The van der Waals surface area contributed by atoms with Gasteiger partial charge in [0.15, 0.2) is 0 Å². The Labute approximate surface area is 388 Å². The van der Waals surface area contributed by atoms with E-state index >= 15 is 0 Å². The Morgan fingerprint density at radius 1 is 0.299 bits per heavy atom. The molecule has 0 N–H and O–H groups in total. The number of para-hydroxylation sites is 5. The number of aromatic nitrogens is 1. The van der Waals surface area contributed by atoms with Crippen molar-refractivity contribution in [3.05, 3.63) is 255 Å². The summed E-state index contributed by atoms with van der Waals surface area (Å²) in [6.07, 6.45) is 0. The summed E-state index contributed by atoms with van der Waals surface area (Å²) in [5.41, 5.74) is 17.7. The van der Waals surface area contributed by atoms with Gasteiger partial charge in [-0.2, -0.15) is 0 Å². The summed E-state index contributed by atoms with van der Waals surface area (Å²) in [6, 6.07) is 91.9. The molecule has 0 saturated heterocycles. The summed E-state index contributed by atoms with van der Waals surface area (Å²) < 4.78 is 8.95. The lowest BCUT2D eigenvalue weighted by Crippen LogP contribution is -2.10. The van der Waals surface area contributed by atoms with E-state index in [2.05, 4.69) is 252 Å². The molecule has 0 spiro atoms. The fraction of sp³-hybridized carbons (Fsp3) is 0. The first-order chi connectivity index (χ1) is 33.2. The molecule has 0 amide bonds. The molecule has 67 heavy (non-hydrogen) atoms. The largest absolute Gasteiger partial charge is 0.455 e. The van der Waals surface area contributed by atoms with Gasteiger partial charge in [0.05, 0.1) is 16.7 Å². The molecular formula is C64H42N2O. The minimum absolute atomic E-state index is 0.899. The van der Waals surface area contributed by atoms with Crippen LogP contribution in [0.5, 0.6) is 0 Å². The van der Waals surface area contributed by atoms with E-state index in [1.165, 1.54) is 43.7 Å². The minimum Gasteiger partial charge on any atom is -0.455 e. The molecule has 0 aliphatic carbocycles. The number of anilines is 3. The standard InChI is InChI=1S/C64H42N2O/c1-2-16-46-41-47(32-31-43(46)15-1)44-33-37-49(38-34-44)65(50-39-35-45(36-40-50)52-19-3-4-21-54(52)58-25-14-26-59-57-24-8-12-30-63(57)67-64(58)59)51-18-13-17-48(42-51)53-20-5-9-27-60(53)66-61-28-10-6-22-55(61)56-23-7-11-29-62(56)66/h1-42H. The predicted octanol–water partition coefficient (Wildman–Crippen LogP) is 18.0. The monoisotopic (exact) mass is 854 g/mol. The molecule has 13 aromatic rings. The second kappa shape index (κ2) is 16.0. The van der Waals surface area contributed by atoms with E-state index in [0.717, 1.165) is 78.1 Å². The number of nitrogens with zero attached hydrogens (tertiary/aromatic N) is 2. The quantitative estimate of drug-likeness (QED) is 0.152. The normalized spacial score (nSPS) is 11.6. The molecule has 0 fully saturated rings. The lowest BCUT2D eigenvalue weighted by atomic mass is 9.93. The zero-order valence-corrected chi connectivity index (χ0v) is 36.6. The van der Waals surface area contributed by atoms with Crippen molar-refractivity contribution in [3.8, 4) is 50.2 Å². The Bertz CT molecular complexity index is 3930. The van der Waals surface area contributed by atoms with Gasteiger partial charge in [0, 0.05) is 49.7 Å². The first-order valence-electron chi connectivity index (χ1n) is 22.9. The molecule has 0 unspecified atom stereocenters. The third kappa shape index (κ3) is 6.59. The van der Waals surface area contributed by atoms with Crippen molar-refractivity contribution < 1.29 is 4.42 Å². The SMILES string of the molecule is c1cc(-c2ccccc2-n2c3ccccc3c3ccccc32)cc(N(c2ccc(-c3ccc4ccccc4c3)cc2)c2ccc(-c3ccccc3-c3cccc4c3oc3ccccc34)cc2)c1. The summed E-state index contributed by atoms with van der Waals surface area (Å²) in [6.45, 7) is 0. The Morgan fingerprint density at radius 2 is 0.851 bits per heavy atom. The molecule has 314 valence electrons. The zero-order chi connectivity index (χ0) is 44.3. The average molecular weight is 855 g/mol. The van der Waals surface area contributed by atoms with Crippen LogP contribution in [0.15, 0.2) is 259 Å². The Hall–Kier alpha value is -8.92. The molecule has 2 aromatic heterocycles. The minimum atomic E-state index is 0.899. The maximum absolute atomic E-state index is 6.53. The van der Waals surface area contributed by atoms with Crippen LogP contribution in [-0.2, 0) is 0 Å². The molecule has 0 bridgehead atoms. The molecule has 0 radical (unpaired) electrons. The molecule has 0 saturated carbocycles. The highest BCUT2D eigenvalue weighted by atomic mass is 16.3. The topological polar surface area (TPSA) is 21.3 Å². The fourth-order valence-electron chi connectivity index (χ4n) is 10.2. The van der Waals surface area contributed by atoms with Crippen molar-refractivity contribution in [2.75, 3.05) is 4.90 Å². The van der Waals surface area contributed by atoms with E-state index in [1.54, 1.807) is 0 Å². The van der Waals surface area contributed by atoms with Gasteiger partial charge < -0.3 is 13.9 Å². The fourth-order valence-corrected chi connectivity index (χ4v) is 10.2. The second-order valence-electron chi connectivity index (χ2n) is 17.3. The van der Waals surface area contributed by atoms with E-state index in [4.69, 9.17) is 4.42 Å². The maximum atomic E-state index is 6.53. The van der Waals surface area contributed by atoms with Crippen molar-refractivity contribution in [2.45, 2.75) is 0 Å². The molecule has 13 rings (SSSR count).